The molecule has 2 aromatic carbocycles. The fourth-order valence-corrected chi connectivity index (χ4v) is 3.39. The number of benzene rings is 2. The van der Waals surface area contributed by atoms with Crippen LogP contribution in [0.2, 0.25) is 0 Å². The van der Waals surface area contributed by atoms with Crippen molar-refractivity contribution in [1.29, 1.82) is 0 Å². The van der Waals surface area contributed by atoms with Crippen molar-refractivity contribution in [3.05, 3.63) is 60.2 Å². The summed E-state index contributed by atoms with van der Waals surface area (Å²) < 4.78 is 11.9. The van der Waals surface area contributed by atoms with E-state index in [2.05, 4.69) is 11.8 Å². The predicted molar refractivity (Wildman–Crippen MR) is 106 cm³/mol. The van der Waals surface area contributed by atoms with Gasteiger partial charge in [-0.2, -0.15) is 0 Å². The quantitative estimate of drug-likeness (QED) is 0.753. The van der Waals surface area contributed by atoms with E-state index in [0.717, 1.165) is 23.6 Å². The van der Waals surface area contributed by atoms with Crippen LogP contribution in [0.25, 0.3) is 0 Å². The molecule has 0 bridgehead atoms. The third-order valence-electron chi connectivity index (χ3n) is 4.96. The highest BCUT2D eigenvalue weighted by atomic mass is 16.6. The normalized spacial score (nSPS) is 16.8. The second kappa shape index (κ2) is 8.91. The molecular weight excluding hydrogens is 340 g/mol. The topological polar surface area (TPSA) is 42.0 Å². The summed E-state index contributed by atoms with van der Waals surface area (Å²) in [5, 5.41) is 0. The first-order valence-corrected chi connectivity index (χ1v) is 9.50. The molecule has 0 aromatic heterocycles. The summed E-state index contributed by atoms with van der Waals surface area (Å²) in [4.78, 5) is 16.8. The van der Waals surface area contributed by atoms with Gasteiger partial charge in [0.2, 0.25) is 5.91 Å². The molecule has 1 amide bonds. The van der Waals surface area contributed by atoms with E-state index in [9.17, 15) is 4.79 Å². The van der Waals surface area contributed by atoms with E-state index in [1.807, 2.05) is 68.6 Å². The summed E-state index contributed by atoms with van der Waals surface area (Å²) in [6, 6.07) is 17.5. The Hall–Kier alpha value is -2.53. The highest BCUT2D eigenvalue weighted by Crippen LogP contribution is 2.31. The molecule has 0 radical (unpaired) electrons. The Morgan fingerprint density at radius 1 is 1.11 bits per heavy atom. The zero-order valence-corrected chi connectivity index (χ0v) is 16.3. The van der Waals surface area contributed by atoms with Gasteiger partial charge < -0.3 is 14.4 Å². The number of amides is 1. The number of carbonyl (C=O) groups excluding carboxylic acids is 1. The molecule has 0 spiro atoms. The van der Waals surface area contributed by atoms with Gasteiger partial charge in [-0.25, -0.2) is 0 Å². The number of para-hydroxylation sites is 2. The SMILES string of the molecule is CCN(CC1COc2ccccc2O1)C(C)C(=O)N(C)Cc1ccccc1. The van der Waals surface area contributed by atoms with Crippen LogP contribution < -0.4 is 9.47 Å². The van der Waals surface area contributed by atoms with Crippen molar-refractivity contribution in [2.75, 3.05) is 26.7 Å². The molecule has 0 aliphatic carbocycles. The minimum absolute atomic E-state index is 0.0884. The second-order valence-corrected chi connectivity index (χ2v) is 6.94. The summed E-state index contributed by atoms with van der Waals surface area (Å²) in [5.74, 6) is 1.66. The maximum atomic E-state index is 12.9. The molecule has 0 fully saturated rings. The summed E-state index contributed by atoms with van der Waals surface area (Å²) >= 11 is 0. The average Bonchev–Trinajstić information content (AvgIpc) is 2.71. The fourth-order valence-electron chi connectivity index (χ4n) is 3.39. The van der Waals surface area contributed by atoms with Crippen LogP contribution in [-0.4, -0.2) is 54.6 Å². The highest BCUT2D eigenvalue weighted by molar-refractivity contribution is 5.81. The summed E-state index contributed by atoms with van der Waals surface area (Å²) in [6.45, 7) is 6.56. The number of likely N-dealkylation sites (N-methyl/N-ethyl adjacent to an activating group) is 2. The van der Waals surface area contributed by atoms with Crippen LogP contribution in [0.5, 0.6) is 11.5 Å². The van der Waals surface area contributed by atoms with E-state index in [1.165, 1.54) is 0 Å². The molecule has 2 atom stereocenters. The van der Waals surface area contributed by atoms with Gasteiger partial charge in [0.1, 0.15) is 12.7 Å². The van der Waals surface area contributed by atoms with E-state index < -0.39 is 0 Å². The number of ether oxygens (including phenoxy) is 2. The van der Waals surface area contributed by atoms with Crippen molar-refractivity contribution in [2.45, 2.75) is 32.5 Å². The first-order chi connectivity index (χ1) is 13.1. The van der Waals surface area contributed by atoms with E-state index in [-0.39, 0.29) is 18.1 Å². The van der Waals surface area contributed by atoms with Gasteiger partial charge in [-0.15, -0.1) is 0 Å². The molecule has 0 saturated carbocycles. The molecule has 2 aromatic rings. The van der Waals surface area contributed by atoms with Crippen LogP contribution in [-0.2, 0) is 11.3 Å². The molecule has 2 unspecified atom stereocenters. The molecule has 3 rings (SSSR count). The molecule has 144 valence electrons. The third kappa shape index (κ3) is 4.80. The average molecular weight is 368 g/mol. The Morgan fingerprint density at radius 3 is 2.48 bits per heavy atom. The minimum atomic E-state index is -0.218. The molecule has 27 heavy (non-hydrogen) atoms. The second-order valence-electron chi connectivity index (χ2n) is 6.94. The van der Waals surface area contributed by atoms with Gasteiger partial charge in [0.05, 0.1) is 6.04 Å². The highest BCUT2D eigenvalue weighted by Gasteiger charge is 2.28. The van der Waals surface area contributed by atoms with Crippen LogP contribution in [0.15, 0.2) is 54.6 Å². The predicted octanol–water partition coefficient (Wildman–Crippen LogP) is 3.20. The van der Waals surface area contributed by atoms with Gasteiger partial charge in [-0.3, -0.25) is 9.69 Å². The Morgan fingerprint density at radius 2 is 1.78 bits per heavy atom. The van der Waals surface area contributed by atoms with E-state index >= 15 is 0 Å². The van der Waals surface area contributed by atoms with Gasteiger partial charge in [-0.05, 0) is 31.2 Å². The zero-order valence-electron chi connectivity index (χ0n) is 16.3. The van der Waals surface area contributed by atoms with Crippen LogP contribution in [0.1, 0.15) is 19.4 Å². The standard InChI is InChI=1S/C22H28N2O3/c1-4-24(15-19-16-26-20-12-8-9-13-21(20)27-19)17(2)22(25)23(3)14-18-10-6-5-7-11-18/h5-13,17,19H,4,14-16H2,1-3H3. The fraction of sp³-hybridized carbons (Fsp3) is 0.409. The summed E-state index contributed by atoms with van der Waals surface area (Å²) in [7, 11) is 1.86. The van der Waals surface area contributed by atoms with E-state index in [0.29, 0.717) is 19.7 Å². The first-order valence-electron chi connectivity index (χ1n) is 9.50. The maximum Gasteiger partial charge on any atom is 0.239 e. The Kier molecular flexibility index (Phi) is 6.35. The van der Waals surface area contributed by atoms with E-state index in [1.54, 1.807) is 4.90 Å². The molecule has 0 N–H and O–H groups in total. The number of fused-ring (bicyclic) bond motifs is 1. The largest absolute Gasteiger partial charge is 0.486 e. The van der Waals surface area contributed by atoms with Crippen LogP contribution in [0.3, 0.4) is 0 Å². The number of rotatable bonds is 7. The summed E-state index contributed by atoms with van der Waals surface area (Å²) in [5.41, 5.74) is 1.13. The molecule has 1 aliphatic rings. The van der Waals surface area contributed by atoms with Crippen LogP contribution in [0.4, 0.5) is 0 Å². The number of hydrogen-bond donors (Lipinski definition) is 0. The smallest absolute Gasteiger partial charge is 0.239 e. The van der Waals surface area contributed by atoms with Gasteiger partial charge in [0.15, 0.2) is 11.5 Å². The lowest BCUT2D eigenvalue weighted by molar-refractivity contribution is -0.136. The molecule has 1 heterocycles. The molecular formula is C22H28N2O3. The van der Waals surface area contributed by atoms with Gasteiger partial charge >= 0.3 is 0 Å². The molecule has 5 heteroatoms. The van der Waals surface area contributed by atoms with Crippen molar-refractivity contribution in [2.24, 2.45) is 0 Å². The van der Waals surface area contributed by atoms with Crippen molar-refractivity contribution in [3.8, 4) is 11.5 Å². The molecule has 5 nitrogen and oxygen atoms in total. The zero-order chi connectivity index (χ0) is 19.2. The third-order valence-corrected chi connectivity index (χ3v) is 4.96. The van der Waals surface area contributed by atoms with Gasteiger partial charge in [-0.1, -0.05) is 49.4 Å². The lowest BCUT2D eigenvalue weighted by atomic mass is 10.1. The maximum absolute atomic E-state index is 12.9. The Balaban J connectivity index is 1.58. The number of carbonyl (C=O) groups is 1. The van der Waals surface area contributed by atoms with Crippen molar-refractivity contribution in [3.63, 3.8) is 0 Å². The minimum Gasteiger partial charge on any atom is -0.486 e. The Bertz CT molecular complexity index is 750. The summed E-state index contributed by atoms with van der Waals surface area (Å²) in [6.07, 6.45) is -0.0884. The van der Waals surface area contributed by atoms with Gasteiger partial charge in [0.25, 0.3) is 0 Å². The first kappa shape index (κ1) is 19.2. The molecule has 1 aliphatic heterocycles. The lowest BCUT2D eigenvalue weighted by Gasteiger charge is -2.34. The van der Waals surface area contributed by atoms with Crippen molar-refractivity contribution < 1.29 is 14.3 Å². The van der Waals surface area contributed by atoms with E-state index in [4.69, 9.17) is 9.47 Å². The van der Waals surface area contributed by atoms with Gasteiger partial charge in [0, 0.05) is 20.1 Å². The van der Waals surface area contributed by atoms with Crippen LogP contribution in [0, 0.1) is 0 Å². The Labute approximate surface area is 161 Å². The van der Waals surface area contributed by atoms with Crippen LogP contribution >= 0.6 is 0 Å². The van der Waals surface area contributed by atoms with Crippen molar-refractivity contribution >= 4 is 5.91 Å². The van der Waals surface area contributed by atoms with Crippen molar-refractivity contribution in [1.82, 2.24) is 9.80 Å². The number of hydrogen-bond acceptors (Lipinski definition) is 4. The number of nitrogens with zero attached hydrogens (tertiary/aromatic N) is 2. The molecule has 0 saturated heterocycles. The lowest BCUT2D eigenvalue weighted by Crippen LogP contribution is -2.50. The monoisotopic (exact) mass is 368 g/mol.